The Morgan fingerprint density at radius 3 is 2.65 bits per heavy atom. The van der Waals surface area contributed by atoms with Gasteiger partial charge in [-0.05, 0) is 61.2 Å². The Labute approximate surface area is 201 Å². The molecule has 1 aromatic heterocycles. The second kappa shape index (κ2) is 9.64. The zero-order chi connectivity index (χ0) is 24.3. The van der Waals surface area contributed by atoms with Crippen LogP contribution >= 0.6 is 11.8 Å². The van der Waals surface area contributed by atoms with E-state index in [4.69, 9.17) is 0 Å². The van der Waals surface area contributed by atoms with E-state index in [9.17, 15) is 14.4 Å². The van der Waals surface area contributed by atoms with Gasteiger partial charge in [-0.25, -0.2) is 4.79 Å². The zero-order valence-electron chi connectivity index (χ0n) is 19.1. The maximum atomic E-state index is 12.9. The fourth-order valence-corrected chi connectivity index (χ4v) is 4.42. The van der Waals surface area contributed by atoms with Gasteiger partial charge in [0.25, 0.3) is 5.91 Å². The summed E-state index contributed by atoms with van der Waals surface area (Å²) in [6, 6.07) is 14.9. The van der Waals surface area contributed by atoms with Gasteiger partial charge in [-0.3, -0.25) is 15.0 Å². The van der Waals surface area contributed by atoms with Crippen molar-refractivity contribution in [2.45, 2.75) is 44.3 Å². The predicted molar refractivity (Wildman–Crippen MR) is 126 cm³/mol. The number of aryl methyl sites for hydroxylation is 3. The zero-order valence-corrected chi connectivity index (χ0v) is 19.9. The summed E-state index contributed by atoms with van der Waals surface area (Å²) in [6.45, 7) is 5.62. The summed E-state index contributed by atoms with van der Waals surface area (Å²) >= 11 is 1.11. The fraction of sp³-hybridized carbons (Fsp3) is 0.304. The van der Waals surface area contributed by atoms with Crippen LogP contribution in [0, 0.1) is 13.8 Å². The van der Waals surface area contributed by atoms with E-state index in [0.717, 1.165) is 39.1 Å². The molecule has 2 aromatic carbocycles. The molecule has 2 N–H and O–H groups in total. The number of amides is 4. The van der Waals surface area contributed by atoms with Crippen molar-refractivity contribution in [3.63, 3.8) is 0 Å². The maximum absolute atomic E-state index is 12.9. The number of hydrazine groups is 1. The van der Waals surface area contributed by atoms with Crippen molar-refractivity contribution >= 4 is 29.6 Å². The van der Waals surface area contributed by atoms with Gasteiger partial charge in [-0.15, -0.1) is 5.10 Å². The molecule has 1 saturated heterocycles. The van der Waals surface area contributed by atoms with E-state index < -0.39 is 23.4 Å². The van der Waals surface area contributed by atoms with Gasteiger partial charge < -0.3 is 5.32 Å². The van der Waals surface area contributed by atoms with Crippen LogP contribution in [0.5, 0.6) is 0 Å². The molecule has 34 heavy (non-hydrogen) atoms. The summed E-state index contributed by atoms with van der Waals surface area (Å²) in [5.41, 5.74) is 5.29. The molecular formula is C23H25N7O3S. The van der Waals surface area contributed by atoms with Gasteiger partial charge in [0.05, 0.1) is 11.4 Å². The Morgan fingerprint density at radius 1 is 1.15 bits per heavy atom. The number of hydrogen-bond donors (Lipinski definition) is 2. The predicted octanol–water partition coefficient (Wildman–Crippen LogP) is 2.35. The second-order valence-corrected chi connectivity index (χ2v) is 9.32. The highest BCUT2D eigenvalue weighted by molar-refractivity contribution is 7.99. The smallest absolute Gasteiger partial charge is 0.322 e. The number of thioether (sulfide) groups is 1. The molecule has 0 radical (unpaired) electrons. The minimum Gasteiger partial charge on any atom is -0.322 e. The van der Waals surface area contributed by atoms with Crippen molar-refractivity contribution in [2.75, 3.05) is 5.75 Å². The van der Waals surface area contributed by atoms with E-state index >= 15 is 0 Å². The highest BCUT2D eigenvalue weighted by atomic mass is 32.2. The van der Waals surface area contributed by atoms with Gasteiger partial charge >= 0.3 is 6.03 Å². The first-order valence-electron chi connectivity index (χ1n) is 10.8. The van der Waals surface area contributed by atoms with Crippen LogP contribution in [0.4, 0.5) is 4.79 Å². The van der Waals surface area contributed by atoms with Crippen LogP contribution in [0.15, 0.2) is 53.7 Å². The molecule has 4 rings (SSSR count). The third-order valence-corrected chi connectivity index (χ3v) is 6.53. The minimum atomic E-state index is -1.10. The molecule has 4 amide bonds. The normalized spacial score (nSPS) is 17.7. The van der Waals surface area contributed by atoms with Gasteiger partial charge in [-0.2, -0.15) is 9.69 Å². The maximum Gasteiger partial charge on any atom is 0.344 e. The molecule has 3 aromatic rings. The summed E-state index contributed by atoms with van der Waals surface area (Å²) in [7, 11) is 0. The van der Waals surface area contributed by atoms with Crippen molar-refractivity contribution in [3.8, 4) is 5.69 Å². The molecule has 2 heterocycles. The molecule has 0 spiro atoms. The second-order valence-electron chi connectivity index (χ2n) is 8.38. The molecule has 0 saturated carbocycles. The van der Waals surface area contributed by atoms with Crippen LogP contribution < -0.4 is 10.7 Å². The summed E-state index contributed by atoms with van der Waals surface area (Å²) in [4.78, 5) is 37.9. The number of hydrogen-bond acceptors (Lipinski definition) is 7. The van der Waals surface area contributed by atoms with Crippen LogP contribution in [0.1, 0.15) is 30.0 Å². The van der Waals surface area contributed by atoms with Crippen LogP contribution in [-0.4, -0.2) is 54.4 Å². The first-order chi connectivity index (χ1) is 16.3. The molecule has 1 aliphatic rings. The van der Waals surface area contributed by atoms with E-state index in [1.807, 2.05) is 62.4 Å². The van der Waals surface area contributed by atoms with Crippen LogP contribution in [0.25, 0.3) is 5.69 Å². The van der Waals surface area contributed by atoms with Crippen molar-refractivity contribution < 1.29 is 14.4 Å². The summed E-state index contributed by atoms with van der Waals surface area (Å²) in [5.74, 6) is -1.09. The Bertz CT molecular complexity index is 1230. The molecule has 1 fully saturated rings. The third kappa shape index (κ3) is 4.93. The van der Waals surface area contributed by atoms with E-state index in [1.54, 1.807) is 11.6 Å². The number of carbonyl (C=O) groups is 3. The Kier molecular flexibility index (Phi) is 6.64. The summed E-state index contributed by atoms with van der Waals surface area (Å²) in [5, 5.41) is 15.6. The number of tetrazole rings is 1. The minimum absolute atomic E-state index is 0.0803. The molecule has 10 nitrogen and oxygen atoms in total. The number of imide groups is 1. The fourth-order valence-electron chi connectivity index (χ4n) is 3.74. The van der Waals surface area contributed by atoms with Crippen molar-refractivity contribution in [1.82, 2.24) is 36.0 Å². The molecular weight excluding hydrogens is 454 g/mol. The Morgan fingerprint density at radius 2 is 1.91 bits per heavy atom. The lowest BCUT2D eigenvalue weighted by molar-refractivity contribution is -0.138. The lowest BCUT2D eigenvalue weighted by Gasteiger charge is -2.21. The Hall–Kier alpha value is -3.73. The number of rotatable bonds is 8. The molecule has 1 atom stereocenters. The third-order valence-electron chi connectivity index (χ3n) is 5.61. The number of carbonyl (C=O) groups excluding carboxylic acids is 3. The first kappa shape index (κ1) is 23.4. The quantitative estimate of drug-likeness (QED) is 0.376. The number of urea groups is 1. The molecule has 1 unspecified atom stereocenters. The van der Waals surface area contributed by atoms with Crippen molar-refractivity contribution in [3.05, 3.63) is 65.2 Å². The van der Waals surface area contributed by atoms with Gasteiger partial charge in [0, 0.05) is 0 Å². The van der Waals surface area contributed by atoms with Crippen LogP contribution in [-0.2, 0) is 16.0 Å². The van der Waals surface area contributed by atoms with Crippen LogP contribution in [0.3, 0.4) is 0 Å². The first-order valence-corrected chi connectivity index (χ1v) is 11.7. The molecule has 0 aliphatic carbocycles. The lowest BCUT2D eigenvalue weighted by atomic mass is 9.93. The molecule has 11 heteroatoms. The van der Waals surface area contributed by atoms with E-state index in [2.05, 4.69) is 26.3 Å². The molecule has 176 valence electrons. The average molecular weight is 480 g/mol. The highest BCUT2D eigenvalue weighted by Gasteiger charge is 2.48. The van der Waals surface area contributed by atoms with Gasteiger partial charge in [0.15, 0.2) is 0 Å². The summed E-state index contributed by atoms with van der Waals surface area (Å²) < 4.78 is 1.56. The number of nitrogens with zero attached hydrogens (tertiary/aromatic N) is 5. The van der Waals surface area contributed by atoms with Gasteiger partial charge in [0.1, 0.15) is 5.54 Å². The van der Waals surface area contributed by atoms with E-state index in [1.165, 1.54) is 0 Å². The summed E-state index contributed by atoms with van der Waals surface area (Å²) in [6.07, 6.45) is 1.02. The van der Waals surface area contributed by atoms with Gasteiger partial charge in [-0.1, -0.05) is 59.8 Å². The van der Waals surface area contributed by atoms with Gasteiger partial charge in [0.2, 0.25) is 11.1 Å². The van der Waals surface area contributed by atoms with E-state index in [-0.39, 0.29) is 5.75 Å². The van der Waals surface area contributed by atoms with Crippen molar-refractivity contribution in [1.29, 1.82) is 0 Å². The van der Waals surface area contributed by atoms with Crippen molar-refractivity contribution in [2.24, 2.45) is 0 Å². The SMILES string of the molecule is Cc1ccc(-n2nnnc2SCC(=O)NN2C(=O)NC(C)(CCc3ccccc3)C2=O)c(C)c1. The molecule has 1 aliphatic heterocycles. The monoisotopic (exact) mass is 479 g/mol. The van der Waals surface area contributed by atoms with E-state index in [0.29, 0.717) is 18.0 Å². The number of benzene rings is 2. The Balaban J connectivity index is 1.36. The molecule has 0 bridgehead atoms. The standard InChI is InChI=1S/C23H25N7O3S/c1-15-9-10-18(16(2)13-15)29-22(25-27-28-29)34-14-19(31)26-30-20(32)23(3,24-21(30)33)12-11-17-7-5-4-6-8-17/h4-10,13H,11-12,14H2,1-3H3,(H,24,33)(H,26,31). The number of aromatic nitrogens is 4. The highest BCUT2D eigenvalue weighted by Crippen LogP contribution is 2.24. The largest absolute Gasteiger partial charge is 0.344 e. The topological polar surface area (TPSA) is 122 Å². The van der Waals surface area contributed by atoms with Crippen LogP contribution in [0.2, 0.25) is 0 Å². The lowest BCUT2D eigenvalue weighted by Crippen LogP contribution is -2.49. The average Bonchev–Trinajstić information content (AvgIpc) is 3.35. The number of nitrogens with one attached hydrogen (secondary N) is 2.